The van der Waals surface area contributed by atoms with Crippen LogP contribution in [0.15, 0.2) is 59.2 Å². The lowest BCUT2D eigenvalue weighted by molar-refractivity contribution is -0.129. The van der Waals surface area contributed by atoms with Crippen LogP contribution in [-0.4, -0.2) is 18.5 Å². The van der Waals surface area contributed by atoms with Gasteiger partial charge in [-0.3, -0.25) is 0 Å². The van der Waals surface area contributed by atoms with Crippen LogP contribution in [0.5, 0.6) is 5.75 Å². The summed E-state index contributed by atoms with van der Waals surface area (Å²) in [5.74, 6) is 0.718. The van der Waals surface area contributed by atoms with Crippen molar-refractivity contribution in [2.45, 2.75) is 13.8 Å². The number of hydrogen-bond donors (Lipinski definition) is 0. The molecule has 1 aliphatic heterocycles. The van der Waals surface area contributed by atoms with Gasteiger partial charge < -0.3 is 9.47 Å². The molecule has 2 aromatic rings. The van der Waals surface area contributed by atoms with Crippen molar-refractivity contribution >= 4 is 63.1 Å². The maximum Gasteiger partial charge on any atom is 0.363 e. The number of ether oxygens (including phenoxy) is 2. The number of halogens is 2. The molecule has 2 aromatic carbocycles. The molecule has 0 bridgehead atoms. The zero-order chi connectivity index (χ0) is 19.6. The number of carbonyl (C=O) groups is 1. The minimum Gasteiger partial charge on any atom is -0.487 e. The molecule has 0 saturated heterocycles. The SMILES string of the molecule is C=C(C)COc1c(I)cc(/C=C2\N=C(c3ccccc3C)OC2=O)cc1I. The quantitative estimate of drug-likeness (QED) is 0.202. The van der Waals surface area contributed by atoms with E-state index in [0.29, 0.717) is 12.5 Å². The van der Waals surface area contributed by atoms with E-state index in [1.54, 1.807) is 6.08 Å². The second kappa shape index (κ2) is 8.55. The smallest absolute Gasteiger partial charge is 0.363 e. The fourth-order valence-electron chi connectivity index (χ4n) is 2.49. The monoisotopic (exact) mass is 585 g/mol. The Labute approximate surface area is 185 Å². The summed E-state index contributed by atoms with van der Waals surface area (Å²) in [6, 6.07) is 11.6. The Morgan fingerprint density at radius 3 is 2.56 bits per heavy atom. The number of nitrogens with zero attached hydrogens (tertiary/aromatic N) is 1. The summed E-state index contributed by atoms with van der Waals surface area (Å²) < 4.78 is 13.1. The average Bonchev–Trinajstić information content (AvgIpc) is 2.94. The standard InChI is InChI=1S/C21H17I2NO3/c1-12(2)11-26-19-16(22)8-14(9-17(19)23)10-18-21(25)27-20(24-18)15-7-5-4-6-13(15)3/h4-10H,1,11H2,2-3H3/b18-10-. The number of aryl methyl sites for hydroxylation is 1. The van der Waals surface area contributed by atoms with Crippen molar-refractivity contribution in [3.63, 3.8) is 0 Å². The number of hydrogen-bond acceptors (Lipinski definition) is 4. The molecule has 3 rings (SSSR count). The zero-order valence-corrected chi connectivity index (χ0v) is 19.2. The summed E-state index contributed by atoms with van der Waals surface area (Å²) >= 11 is 4.45. The van der Waals surface area contributed by atoms with Crippen LogP contribution in [0.3, 0.4) is 0 Å². The van der Waals surface area contributed by atoms with Crippen molar-refractivity contribution < 1.29 is 14.3 Å². The largest absolute Gasteiger partial charge is 0.487 e. The highest BCUT2D eigenvalue weighted by molar-refractivity contribution is 14.1. The Balaban J connectivity index is 1.91. The summed E-state index contributed by atoms with van der Waals surface area (Å²) in [6.45, 7) is 8.22. The first kappa shape index (κ1) is 20.1. The van der Waals surface area contributed by atoms with Crippen molar-refractivity contribution in [3.8, 4) is 5.75 Å². The molecule has 0 N–H and O–H groups in total. The van der Waals surface area contributed by atoms with Crippen molar-refractivity contribution in [2.75, 3.05) is 6.61 Å². The van der Waals surface area contributed by atoms with E-state index in [1.165, 1.54) is 0 Å². The topological polar surface area (TPSA) is 47.9 Å². The first-order valence-corrected chi connectivity index (χ1v) is 10.4. The molecule has 0 spiro atoms. The van der Waals surface area contributed by atoms with Gasteiger partial charge in [0.2, 0.25) is 5.90 Å². The Kier molecular flexibility index (Phi) is 6.36. The van der Waals surface area contributed by atoms with Crippen LogP contribution >= 0.6 is 45.2 Å². The molecule has 0 unspecified atom stereocenters. The summed E-state index contributed by atoms with van der Waals surface area (Å²) in [5, 5.41) is 0. The Hall–Kier alpha value is -1.68. The molecule has 0 aromatic heterocycles. The van der Waals surface area contributed by atoms with Crippen LogP contribution in [0, 0.1) is 14.1 Å². The van der Waals surface area contributed by atoms with Gasteiger partial charge in [0.1, 0.15) is 12.4 Å². The first-order chi connectivity index (χ1) is 12.8. The van der Waals surface area contributed by atoms with Crippen molar-refractivity contribution in [2.24, 2.45) is 4.99 Å². The van der Waals surface area contributed by atoms with Crippen LogP contribution in [0.1, 0.15) is 23.6 Å². The lowest BCUT2D eigenvalue weighted by Crippen LogP contribution is -2.06. The third-order valence-corrected chi connectivity index (χ3v) is 5.39. The van der Waals surface area contributed by atoms with E-state index >= 15 is 0 Å². The van der Waals surface area contributed by atoms with Gasteiger partial charge in [-0.2, -0.15) is 0 Å². The highest BCUT2D eigenvalue weighted by Crippen LogP contribution is 2.31. The van der Waals surface area contributed by atoms with E-state index in [4.69, 9.17) is 9.47 Å². The highest BCUT2D eigenvalue weighted by Gasteiger charge is 2.25. The summed E-state index contributed by atoms with van der Waals surface area (Å²) in [7, 11) is 0. The number of cyclic esters (lactones) is 1. The molecule has 0 atom stereocenters. The van der Waals surface area contributed by atoms with E-state index in [0.717, 1.165) is 35.2 Å². The molecule has 138 valence electrons. The van der Waals surface area contributed by atoms with E-state index in [2.05, 4.69) is 56.8 Å². The molecule has 6 heteroatoms. The van der Waals surface area contributed by atoms with Crippen LogP contribution in [0.2, 0.25) is 0 Å². The van der Waals surface area contributed by atoms with Gasteiger partial charge in [-0.1, -0.05) is 24.8 Å². The Morgan fingerprint density at radius 1 is 1.26 bits per heavy atom. The van der Waals surface area contributed by atoms with E-state index in [9.17, 15) is 4.79 Å². The van der Waals surface area contributed by atoms with Gasteiger partial charge in [-0.15, -0.1) is 0 Å². The van der Waals surface area contributed by atoms with Crippen LogP contribution in [0.4, 0.5) is 0 Å². The molecule has 0 amide bonds. The number of rotatable bonds is 5. The highest BCUT2D eigenvalue weighted by atomic mass is 127. The van der Waals surface area contributed by atoms with Crippen molar-refractivity contribution in [1.29, 1.82) is 0 Å². The van der Waals surface area contributed by atoms with Crippen molar-refractivity contribution in [1.82, 2.24) is 0 Å². The predicted octanol–water partition coefficient (Wildman–Crippen LogP) is 5.50. The molecule has 0 aliphatic carbocycles. The second-order valence-electron chi connectivity index (χ2n) is 6.21. The third-order valence-electron chi connectivity index (χ3n) is 3.78. The van der Waals surface area contributed by atoms with Gasteiger partial charge in [0.05, 0.1) is 7.14 Å². The molecule has 1 aliphatic rings. The second-order valence-corrected chi connectivity index (χ2v) is 8.53. The molecule has 0 fully saturated rings. The minimum atomic E-state index is -0.444. The molecular weight excluding hydrogens is 568 g/mol. The molecule has 0 radical (unpaired) electrons. The van der Waals surface area contributed by atoms with Crippen LogP contribution in [0.25, 0.3) is 6.08 Å². The summed E-state index contributed by atoms with van der Waals surface area (Å²) in [5.41, 5.74) is 3.94. The zero-order valence-electron chi connectivity index (χ0n) is 14.9. The predicted molar refractivity (Wildman–Crippen MR) is 124 cm³/mol. The summed E-state index contributed by atoms with van der Waals surface area (Å²) in [4.78, 5) is 16.6. The van der Waals surface area contributed by atoms with Gasteiger partial charge in [0, 0.05) is 5.56 Å². The van der Waals surface area contributed by atoms with E-state index in [-0.39, 0.29) is 5.70 Å². The van der Waals surface area contributed by atoms with Gasteiger partial charge in [0.25, 0.3) is 0 Å². The normalized spacial score (nSPS) is 14.9. The maximum absolute atomic E-state index is 12.2. The van der Waals surface area contributed by atoms with Crippen LogP contribution < -0.4 is 4.74 Å². The number of benzene rings is 2. The van der Waals surface area contributed by atoms with Crippen molar-refractivity contribution in [3.05, 3.63) is 78.1 Å². The van der Waals surface area contributed by atoms with E-state index in [1.807, 2.05) is 50.2 Å². The summed E-state index contributed by atoms with van der Waals surface area (Å²) in [6.07, 6.45) is 1.74. The minimum absolute atomic E-state index is 0.287. The Morgan fingerprint density at radius 2 is 1.93 bits per heavy atom. The van der Waals surface area contributed by atoms with Gasteiger partial charge >= 0.3 is 5.97 Å². The van der Waals surface area contributed by atoms with E-state index < -0.39 is 5.97 Å². The van der Waals surface area contributed by atoms with Gasteiger partial charge in [-0.05, 0) is 100 Å². The molecule has 0 saturated carbocycles. The number of aliphatic imine (C=N–C) groups is 1. The molecule has 4 nitrogen and oxygen atoms in total. The number of carbonyl (C=O) groups excluding carboxylic acids is 1. The first-order valence-electron chi connectivity index (χ1n) is 8.20. The third kappa shape index (κ3) is 4.78. The maximum atomic E-state index is 12.2. The fraction of sp³-hybridized carbons (Fsp3) is 0.143. The lowest BCUT2D eigenvalue weighted by Gasteiger charge is -2.11. The Bertz CT molecular complexity index is 970. The average molecular weight is 585 g/mol. The van der Waals surface area contributed by atoms with Gasteiger partial charge in [-0.25, -0.2) is 9.79 Å². The lowest BCUT2D eigenvalue weighted by atomic mass is 10.1. The molecular formula is C21H17I2NO3. The number of esters is 1. The fourth-order valence-corrected chi connectivity index (χ4v) is 4.62. The van der Waals surface area contributed by atoms with Crippen LogP contribution in [-0.2, 0) is 9.53 Å². The van der Waals surface area contributed by atoms with Gasteiger partial charge in [0.15, 0.2) is 5.70 Å². The molecule has 1 heterocycles. The molecule has 27 heavy (non-hydrogen) atoms.